The second-order valence-electron chi connectivity index (χ2n) is 12.9. The van der Waals surface area contributed by atoms with Crippen molar-refractivity contribution in [1.82, 2.24) is 9.13 Å². The maximum Gasteiger partial charge on any atom is 0.0602 e. The maximum absolute atomic E-state index is 3.65. The van der Waals surface area contributed by atoms with E-state index in [2.05, 4.69) is 122 Å². The Bertz CT molecular complexity index is 1680. The van der Waals surface area contributed by atoms with Gasteiger partial charge >= 0.3 is 0 Å². The molecule has 0 saturated heterocycles. The first-order chi connectivity index (χ1) is 18.5. The number of rotatable bonds is 7. The fraction of sp³-hybridized carbons (Fsp3) is 0.471. The average Bonchev–Trinajstić information content (AvgIpc) is 2.88. The van der Waals surface area contributed by atoms with Crippen LogP contribution in [0.25, 0.3) is 40.9 Å². The van der Waals surface area contributed by atoms with E-state index in [-0.39, 0.29) is 10.8 Å². The highest BCUT2D eigenvalue weighted by atomic mass is 79.9. The van der Waals surface area contributed by atoms with E-state index in [0.29, 0.717) is 0 Å². The smallest absolute Gasteiger partial charge is 0.0602 e. The zero-order valence-corrected chi connectivity index (χ0v) is 27.9. The van der Waals surface area contributed by atoms with E-state index in [0.717, 1.165) is 18.4 Å². The summed E-state index contributed by atoms with van der Waals surface area (Å²) in [5.41, 5.74) is 8.52. The monoisotopic (exact) mass is 622 g/mol. The third-order valence-corrected chi connectivity index (χ3v) is 10.5. The molecule has 0 radical (unpaired) electrons. The zero-order chi connectivity index (χ0) is 27.9. The van der Waals surface area contributed by atoms with Gasteiger partial charge in [0.2, 0.25) is 0 Å². The highest BCUT2D eigenvalue weighted by molar-refractivity contribution is 9.09. The van der Waals surface area contributed by atoms with Gasteiger partial charge in [0.1, 0.15) is 0 Å². The number of nitrogens with zero attached hydrogens (tertiary/aromatic N) is 2. The van der Waals surface area contributed by atoms with Crippen LogP contribution >= 0.6 is 38.6 Å². The number of alkyl halides is 1. The normalized spacial score (nSPS) is 12.8. The van der Waals surface area contributed by atoms with Gasteiger partial charge in [-0.25, -0.2) is 0 Å². The number of fused-ring (bicyclic) bond motifs is 4. The Morgan fingerprint density at radius 2 is 1.03 bits per heavy atom. The van der Waals surface area contributed by atoms with Crippen LogP contribution in [0.15, 0.2) is 48.5 Å². The van der Waals surface area contributed by atoms with E-state index >= 15 is 0 Å². The Morgan fingerprint density at radius 1 is 0.590 bits per heavy atom. The third-order valence-electron chi connectivity index (χ3n) is 7.80. The van der Waals surface area contributed by atoms with Crippen LogP contribution in [0.1, 0.15) is 85.3 Å². The van der Waals surface area contributed by atoms with Crippen molar-refractivity contribution in [3.05, 3.63) is 59.7 Å². The SMILES string of the molecule is CCCCn1c2ccc(C(C)(C)C)cc2sc2cc3c(cc21)sc1cc(C(C)(C)C)ccc1n3CCCCBr. The summed E-state index contributed by atoms with van der Waals surface area (Å²) in [4.78, 5) is 0. The first kappa shape index (κ1) is 28.7. The maximum atomic E-state index is 3.65. The van der Waals surface area contributed by atoms with Crippen LogP contribution < -0.4 is 0 Å². The van der Waals surface area contributed by atoms with Gasteiger partial charge < -0.3 is 9.13 Å². The van der Waals surface area contributed by atoms with Gasteiger partial charge in [-0.15, -0.1) is 22.7 Å². The summed E-state index contributed by atoms with van der Waals surface area (Å²) < 4.78 is 10.7. The number of aromatic nitrogens is 2. The van der Waals surface area contributed by atoms with Crippen molar-refractivity contribution in [2.45, 2.75) is 98.1 Å². The van der Waals surface area contributed by atoms with Crippen LogP contribution in [0.2, 0.25) is 0 Å². The van der Waals surface area contributed by atoms with Crippen LogP contribution in [0.5, 0.6) is 0 Å². The molecule has 2 heterocycles. The van der Waals surface area contributed by atoms with Crippen molar-refractivity contribution >= 4 is 79.5 Å². The summed E-state index contributed by atoms with van der Waals surface area (Å²) in [5.74, 6) is 0. The van der Waals surface area contributed by atoms with Gasteiger partial charge in [0.25, 0.3) is 0 Å². The Labute approximate surface area is 250 Å². The summed E-state index contributed by atoms with van der Waals surface area (Å²) >= 11 is 7.56. The number of hydrogen-bond donors (Lipinski definition) is 0. The van der Waals surface area contributed by atoms with E-state index < -0.39 is 0 Å². The van der Waals surface area contributed by atoms with Gasteiger partial charge in [0, 0.05) is 18.4 Å². The molecule has 3 aromatic carbocycles. The number of halogens is 1. The number of benzene rings is 3. The van der Waals surface area contributed by atoms with Crippen LogP contribution in [-0.2, 0) is 23.9 Å². The van der Waals surface area contributed by atoms with Crippen molar-refractivity contribution < 1.29 is 0 Å². The molecule has 5 aromatic rings. The Hall–Kier alpha value is -1.82. The molecule has 5 rings (SSSR count). The van der Waals surface area contributed by atoms with Crippen LogP contribution in [0, 0.1) is 0 Å². The fourth-order valence-corrected chi connectivity index (χ4v) is 8.05. The lowest BCUT2D eigenvalue weighted by Gasteiger charge is -2.23. The topological polar surface area (TPSA) is 9.86 Å². The molecule has 0 atom stereocenters. The molecule has 0 bridgehead atoms. The summed E-state index contributed by atoms with van der Waals surface area (Å²) in [6.07, 6.45) is 4.73. The predicted octanol–water partition coefficient (Wildman–Crippen LogP) is 11.7. The van der Waals surface area contributed by atoms with Gasteiger partial charge in [-0.2, -0.15) is 0 Å². The summed E-state index contributed by atoms with van der Waals surface area (Å²) in [6.45, 7) is 18.2. The third kappa shape index (κ3) is 5.83. The molecular weight excluding hydrogens is 580 g/mol. The van der Waals surface area contributed by atoms with Crippen molar-refractivity contribution in [2.24, 2.45) is 0 Å². The number of unbranched alkanes of at least 4 members (excludes halogenated alkanes) is 2. The molecule has 0 aliphatic rings. The molecule has 0 amide bonds. The molecule has 0 spiro atoms. The van der Waals surface area contributed by atoms with E-state index in [1.165, 1.54) is 77.7 Å². The van der Waals surface area contributed by atoms with E-state index in [1.807, 2.05) is 22.7 Å². The van der Waals surface area contributed by atoms with E-state index in [1.54, 1.807) is 0 Å². The molecule has 0 N–H and O–H groups in total. The average molecular weight is 624 g/mol. The molecule has 208 valence electrons. The van der Waals surface area contributed by atoms with Crippen LogP contribution in [-0.4, -0.2) is 14.5 Å². The van der Waals surface area contributed by atoms with Crippen molar-refractivity contribution in [3.63, 3.8) is 0 Å². The van der Waals surface area contributed by atoms with Gasteiger partial charge in [-0.05, 0) is 77.6 Å². The van der Waals surface area contributed by atoms with Gasteiger partial charge in [-0.3, -0.25) is 0 Å². The molecule has 39 heavy (non-hydrogen) atoms. The molecule has 5 heteroatoms. The van der Waals surface area contributed by atoms with E-state index in [9.17, 15) is 0 Å². The minimum atomic E-state index is 0.135. The van der Waals surface area contributed by atoms with E-state index in [4.69, 9.17) is 0 Å². The van der Waals surface area contributed by atoms with Gasteiger partial charge in [-0.1, -0.05) is 82.9 Å². The quantitative estimate of drug-likeness (QED) is 0.0970. The minimum Gasteiger partial charge on any atom is -0.339 e. The van der Waals surface area contributed by atoms with Crippen molar-refractivity contribution in [3.8, 4) is 0 Å². The zero-order valence-electron chi connectivity index (χ0n) is 24.7. The highest BCUT2D eigenvalue weighted by Gasteiger charge is 2.18. The lowest BCUT2D eigenvalue weighted by molar-refractivity contribution is 0.590. The summed E-state index contributed by atoms with van der Waals surface area (Å²) in [5, 5.41) is 1.05. The lowest BCUT2D eigenvalue weighted by Crippen LogP contribution is -2.11. The second kappa shape index (κ2) is 11.2. The second-order valence-corrected chi connectivity index (χ2v) is 15.9. The largest absolute Gasteiger partial charge is 0.339 e. The molecular formula is C34H43BrN2S2. The molecule has 0 fully saturated rings. The Morgan fingerprint density at radius 3 is 1.44 bits per heavy atom. The molecule has 0 unspecified atom stereocenters. The number of hydrogen-bond acceptors (Lipinski definition) is 2. The molecule has 0 aliphatic heterocycles. The first-order valence-corrected chi connectivity index (χ1v) is 17.2. The molecule has 0 saturated carbocycles. The van der Waals surface area contributed by atoms with Gasteiger partial charge in [0.15, 0.2) is 0 Å². The van der Waals surface area contributed by atoms with Crippen LogP contribution in [0.4, 0.5) is 0 Å². The van der Waals surface area contributed by atoms with Crippen molar-refractivity contribution in [1.29, 1.82) is 0 Å². The lowest BCUT2D eigenvalue weighted by atomic mass is 9.87. The minimum absolute atomic E-state index is 0.135. The fourth-order valence-electron chi connectivity index (χ4n) is 5.35. The van der Waals surface area contributed by atoms with Crippen LogP contribution in [0.3, 0.4) is 0 Å². The molecule has 2 nitrogen and oxygen atoms in total. The highest BCUT2D eigenvalue weighted by Crippen LogP contribution is 2.38. The Kier molecular flexibility index (Phi) is 8.25. The first-order valence-electron chi connectivity index (χ1n) is 14.4. The van der Waals surface area contributed by atoms with Crippen molar-refractivity contribution in [2.75, 3.05) is 5.33 Å². The van der Waals surface area contributed by atoms with Gasteiger partial charge in [0.05, 0.1) is 40.9 Å². The number of aryl methyl sites for hydroxylation is 2. The summed E-state index contributed by atoms with van der Waals surface area (Å²) in [6, 6.07) is 19.3. The predicted molar refractivity (Wildman–Crippen MR) is 181 cm³/mol. The Balaban J connectivity index is 1.84. The standard InChI is InChI=1S/C34H43BrN2S2/c1-8-9-17-36-25-14-12-23(33(2,3)4)19-29(25)38-31-22-28-32(21-27(31)36)39-30-20-24(34(5,6)7)13-15-26(30)37(28)18-11-10-16-35/h12-15,19-22H,8-11,16-18H2,1-7H3. The molecule has 2 aromatic heterocycles. The molecule has 0 aliphatic carbocycles. The summed E-state index contributed by atoms with van der Waals surface area (Å²) in [7, 11) is 0.